The number of nitrogens with one attached hydrogen (secondary N) is 2. The number of piperidine rings is 1. The number of fused-ring (bicyclic) bond motifs is 1. The highest BCUT2D eigenvalue weighted by atomic mass is 32.2. The van der Waals surface area contributed by atoms with Gasteiger partial charge < -0.3 is 25.2 Å². The Morgan fingerprint density at radius 1 is 1.05 bits per heavy atom. The molecule has 5 atom stereocenters. The number of carbonyl (C=O) groups excluding carboxylic acids is 3. The molecule has 1 saturated carbocycles. The van der Waals surface area contributed by atoms with E-state index < -0.39 is 29.6 Å². The summed E-state index contributed by atoms with van der Waals surface area (Å²) >= 11 is 1.61. The van der Waals surface area contributed by atoms with E-state index in [4.69, 9.17) is 4.74 Å². The van der Waals surface area contributed by atoms with Crippen molar-refractivity contribution in [1.82, 2.24) is 15.1 Å². The van der Waals surface area contributed by atoms with Gasteiger partial charge in [-0.1, -0.05) is 43.9 Å². The molecule has 3 saturated heterocycles. The lowest BCUT2D eigenvalue weighted by Crippen LogP contribution is -2.57. The number of likely N-dealkylation sites (tertiary alicyclic amines) is 2. The number of amides is 3. The number of anilines is 1. The second-order valence-corrected chi connectivity index (χ2v) is 12.6. The molecule has 9 heteroatoms. The molecule has 0 unspecified atom stereocenters. The molecule has 210 valence electrons. The Labute approximate surface area is 235 Å². The summed E-state index contributed by atoms with van der Waals surface area (Å²) in [6.45, 7) is 3.24. The molecule has 8 nitrogen and oxygen atoms in total. The number of rotatable bonds is 8. The zero-order chi connectivity index (χ0) is 27.0. The second-order valence-electron chi connectivity index (χ2n) is 11.7. The van der Waals surface area contributed by atoms with Gasteiger partial charge in [0.25, 0.3) is 0 Å². The fourth-order valence-electron chi connectivity index (χ4n) is 7.39. The van der Waals surface area contributed by atoms with Crippen molar-refractivity contribution in [3.05, 3.63) is 36.4 Å². The van der Waals surface area contributed by atoms with Gasteiger partial charge in [-0.2, -0.15) is 0 Å². The van der Waals surface area contributed by atoms with Crippen molar-refractivity contribution < 1.29 is 19.1 Å². The van der Waals surface area contributed by atoms with Crippen molar-refractivity contribution in [2.24, 2.45) is 11.8 Å². The molecule has 1 aromatic rings. The van der Waals surface area contributed by atoms with Gasteiger partial charge in [0.15, 0.2) is 0 Å². The van der Waals surface area contributed by atoms with Crippen LogP contribution in [-0.2, 0) is 19.1 Å². The van der Waals surface area contributed by atoms with Crippen LogP contribution in [0.3, 0.4) is 0 Å². The standard InChI is InChI=1S/C30H40N4O4S/c1-39-22-12-8-11-21(19-22)32-27(35)24-23-13-14-30(38-23)25(24)29(37)34(18-17-33-15-6-3-7-16-33)26(30)28(36)31-20-9-4-2-5-10-20/h8,11-14,19-20,23-26H,2-7,9-10,15-18H2,1H3,(H,31,36)(H,32,35)/t23-,24+,25-,26+,30-/m0/s1. The molecule has 0 radical (unpaired) electrons. The quantitative estimate of drug-likeness (QED) is 0.379. The average molecular weight is 553 g/mol. The van der Waals surface area contributed by atoms with Gasteiger partial charge in [-0.25, -0.2) is 0 Å². The molecule has 5 aliphatic rings. The van der Waals surface area contributed by atoms with E-state index in [9.17, 15) is 14.4 Å². The predicted molar refractivity (Wildman–Crippen MR) is 151 cm³/mol. The fourth-order valence-corrected chi connectivity index (χ4v) is 7.85. The molecular formula is C30H40N4O4S. The highest BCUT2D eigenvalue weighted by molar-refractivity contribution is 7.98. The molecule has 0 aromatic heterocycles. The van der Waals surface area contributed by atoms with Crippen LogP contribution in [0.4, 0.5) is 5.69 Å². The Morgan fingerprint density at radius 2 is 1.82 bits per heavy atom. The number of ether oxygens (including phenoxy) is 1. The van der Waals surface area contributed by atoms with Crippen LogP contribution in [0.25, 0.3) is 0 Å². The van der Waals surface area contributed by atoms with Crippen LogP contribution in [-0.4, -0.2) is 83.7 Å². The van der Waals surface area contributed by atoms with Crippen molar-refractivity contribution in [2.75, 3.05) is 37.8 Å². The van der Waals surface area contributed by atoms with E-state index in [1.54, 1.807) is 16.7 Å². The first-order valence-corrected chi connectivity index (χ1v) is 15.9. The monoisotopic (exact) mass is 552 g/mol. The third-order valence-corrected chi connectivity index (χ3v) is 10.0. The highest BCUT2D eigenvalue weighted by Crippen LogP contribution is 2.55. The summed E-state index contributed by atoms with van der Waals surface area (Å²) in [7, 11) is 0. The SMILES string of the molecule is CSc1cccc(NC(=O)[C@@H]2[C@@H]3C=C[C@]4(O3)[C@@H]2C(=O)N(CCN2CCCCC2)[C@@H]4C(=O)NC2CCCCC2)c1. The number of hydrogen-bond donors (Lipinski definition) is 2. The van der Waals surface area contributed by atoms with Crippen LogP contribution >= 0.6 is 11.8 Å². The lowest BCUT2D eigenvalue weighted by Gasteiger charge is -2.35. The average Bonchev–Trinajstić information content (AvgIpc) is 3.60. The van der Waals surface area contributed by atoms with E-state index in [0.717, 1.165) is 50.2 Å². The van der Waals surface area contributed by atoms with Crippen LogP contribution in [0.5, 0.6) is 0 Å². The van der Waals surface area contributed by atoms with Gasteiger partial charge in [-0.05, 0) is 63.2 Å². The molecular weight excluding hydrogens is 512 g/mol. The normalized spacial score (nSPS) is 32.4. The number of nitrogens with zero attached hydrogens (tertiary/aromatic N) is 2. The van der Waals surface area contributed by atoms with E-state index in [0.29, 0.717) is 12.2 Å². The molecule has 4 fully saturated rings. The number of benzene rings is 1. The Balaban J connectivity index is 1.26. The highest BCUT2D eigenvalue weighted by Gasteiger charge is 2.72. The summed E-state index contributed by atoms with van der Waals surface area (Å²) in [5.74, 6) is -1.90. The zero-order valence-electron chi connectivity index (χ0n) is 22.8. The molecule has 4 heterocycles. The minimum Gasteiger partial charge on any atom is -0.359 e. The molecule has 1 spiro atoms. The van der Waals surface area contributed by atoms with Gasteiger partial charge in [-0.15, -0.1) is 11.8 Å². The summed E-state index contributed by atoms with van der Waals surface area (Å²) < 4.78 is 6.50. The maximum Gasteiger partial charge on any atom is 0.246 e. The van der Waals surface area contributed by atoms with Crippen LogP contribution in [0, 0.1) is 11.8 Å². The summed E-state index contributed by atoms with van der Waals surface area (Å²) in [6, 6.07) is 7.07. The van der Waals surface area contributed by atoms with Crippen LogP contribution in [0.1, 0.15) is 51.4 Å². The van der Waals surface area contributed by atoms with Crippen molar-refractivity contribution >= 4 is 35.2 Å². The minimum atomic E-state index is -1.11. The van der Waals surface area contributed by atoms with Gasteiger partial charge in [-0.3, -0.25) is 14.4 Å². The molecule has 1 aliphatic carbocycles. The van der Waals surface area contributed by atoms with E-state index >= 15 is 0 Å². The largest absolute Gasteiger partial charge is 0.359 e. The van der Waals surface area contributed by atoms with Gasteiger partial charge in [0, 0.05) is 29.7 Å². The molecule has 4 aliphatic heterocycles. The maximum atomic E-state index is 14.1. The minimum absolute atomic E-state index is 0.131. The van der Waals surface area contributed by atoms with Crippen molar-refractivity contribution in [3.63, 3.8) is 0 Å². The summed E-state index contributed by atoms with van der Waals surface area (Å²) in [5.41, 5.74) is -0.405. The van der Waals surface area contributed by atoms with E-state index in [1.165, 1.54) is 25.7 Å². The van der Waals surface area contributed by atoms with E-state index in [-0.39, 0.29) is 23.8 Å². The third kappa shape index (κ3) is 5.02. The smallest absolute Gasteiger partial charge is 0.246 e. The van der Waals surface area contributed by atoms with Gasteiger partial charge in [0.1, 0.15) is 11.6 Å². The molecule has 2 N–H and O–H groups in total. The fraction of sp³-hybridized carbons (Fsp3) is 0.633. The zero-order valence-corrected chi connectivity index (χ0v) is 23.6. The number of thioether (sulfide) groups is 1. The van der Waals surface area contributed by atoms with Crippen molar-refractivity contribution in [2.45, 2.75) is 80.1 Å². The van der Waals surface area contributed by atoms with Crippen molar-refractivity contribution in [3.8, 4) is 0 Å². The molecule has 2 bridgehead atoms. The first kappa shape index (κ1) is 26.8. The van der Waals surface area contributed by atoms with Gasteiger partial charge in [0.2, 0.25) is 17.7 Å². The predicted octanol–water partition coefficient (Wildman–Crippen LogP) is 3.43. The summed E-state index contributed by atoms with van der Waals surface area (Å²) in [4.78, 5) is 46.9. The first-order chi connectivity index (χ1) is 19.0. The van der Waals surface area contributed by atoms with Gasteiger partial charge in [0.05, 0.1) is 17.9 Å². The Kier molecular flexibility index (Phi) is 7.75. The van der Waals surface area contributed by atoms with Crippen LogP contribution < -0.4 is 10.6 Å². The third-order valence-electron chi connectivity index (χ3n) is 9.32. The van der Waals surface area contributed by atoms with Crippen LogP contribution in [0.15, 0.2) is 41.3 Å². The Bertz CT molecular complexity index is 1130. The lowest BCUT2D eigenvalue weighted by molar-refractivity contribution is -0.141. The Hall–Kier alpha value is -2.36. The maximum absolute atomic E-state index is 14.1. The van der Waals surface area contributed by atoms with E-state index in [1.807, 2.05) is 42.7 Å². The lowest BCUT2D eigenvalue weighted by atomic mass is 9.74. The molecule has 1 aromatic carbocycles. The summed E-state index contributed by atoms with van der Waals surface area (Å²) in [6.07, 6.45) is 14.2. The van der Waals surface area contributed by atoms with Crippen molar-refractivity contribution in [1.29, 1.82) is 0 Å². The first-order valence-electron chi connectivity index (χ1n) is 14.7. The topological polar surface area (TPSA) is 91.0 Å². The van der Waals surface area contributed by atoms with Crippen LogP contribution in [0.2, 0.25) is 0 Å². The number of hydrogen-bond acceptors (Lipinski definition) is 6. The summed E-state index contributed by atoms with van der Waals surface area (Å²) in [5, 5.41) is 6.31. The Morgan fingerprint density at radius 3 is 2.59 bits per heavy atom. The second kappa shape index (κ2) is 11.3. The van der Waals surface area contributed by atoms with Gasteiger partial charge >= 0.3 is 0 Å². The molecule has 3 amide bonds. The van der Waals surface area contributed by atoms with E-state index in [2.05, 4.69) is 15.5 Å². The number of carbonyl (C=O) groups is 3. The molecule has 6 rings (SSSR count). The molecule has 39 heavy (non-hydrogen) atoms.